The molecule has 33 heavy (non-hydrogen) atoms. The van der Waals surface area contributed by atoms with Crippen molar-refractivity contribution in [3.63, 3.8) is 0 Å². The van der Waals surface area contributed by atoms with E-state index < -0.39 is 22.5 Å². The first-order valence-corrected chi connectivity index (χ1v) is 11.7. The van der Waals surface area contributed by atoms with Crippen LogP contribution in [0, 0.1) is 11.6 Å². The molecule has 0 fully saturated rings. The number of carbonyl (C=O) groups excluding carboxylic acids is 1. The molecule has 2 aromatic rings. The fraction of sp³-hybridized carbons (Fsp3) is 0.333. The van der Waals surface area contributed by atoms with Crippen LogP contribution >= 0.6 is 11.8 Å². The molecule has 0 spiro atoms. The molecule has 0 radical (unpaired) electrons. The Balaban J connectivity index is 1.66. The molecule has 1 aliphatic heterocycles. The van der Waals surface area contributed by atoms with Crippen molar-refractivity contribution in [1.82, 2.24) is 15.8 Å². The number of amides is 2. The van der Waals surface area contributed by atoms with Crippen LogP contribution in [0.3, 0.4) is 0 Å². The second-order valence-corrected chi connectivity index (χ2v) is 9.17. The van der Waals surface area contributed by atoms with Crippen molar-refractivity contribution >= 4 is 22.8 Å². The zero-order valence-electron chi connectivity index (χ0n) is 18.3. The highest BCUT2D eigenvalue weighted by Crippen LogP contribution is 2.50. The van der Waals surface area contributed by atoms with E-state index in [1.54, 1.807) is 0 Å². The normalized spacial score (nSPS) is 20.3. The van der Waals surface area contributed by atoms with Crippen LogP contribution in [-0.4, -0.2) is 35.8 Å². The van der Waals surface area contributed by atoms with E-state index in [1.165, 1.54) is 23.9 Å². The number of hydrogen-bond donors (Lipinski definition) is 2. The van der Waals surface area contributed by atoms with Gasteiger partial charge in [0.25, 0.3) is 0 Å². The van der Waals surface area contributed by atoms with Gasteiger partial charge < -0.3 is 5.32 Å². The van der Waals surface area contributed by atoms with Crippen molar-refractivity contribution in [2.24, 2.45) is 5.10 Å². The van der Waals surface area contributed by atoms with E-state index in [4.69, 9.17) is 4.84 Å². The molecule has 0 bridgehead atoms. The first-order chi connectivity index (χ1) is 16.0. The number of hydrazone groups is 1. The summed E-state index contributed by atoms with van der Waals surface area (Å²) in [6.45, 7) is 0.755. The number of halogens is 2. The minimum Gasteiger partial charge on any atom is -0.313 e. The van der Waals surface area contributed by atoms with Crippen LogP contribution in [0.2, 0.25) is 0 Å². The van der Waals surface area contributed by atoms with E-state index in [0.717, 1.165) is 49.6 Å². The third kappa shape index (κ3) is 5.10. The number of hydrogen-bond acceptors (Lipinski definition) is 5. The summed E-state index contributed by atoms with van der Waals surface area (Å²) in [5.74, 6) is -1.18. The lowest BCUT2D eigenvalue weighted by atomic mass is 10.00. The van der Waals surface area contributed by atoms with Gasteiger partial charge in [-0.25, -0.2) is 19.1 Å². The number of carbonyl (C=O) groups is 1. The first kappa shape index (κ1) is 23.4. The third-order valence-electron chi connectivity index (χ3n) is 5.70. The van der Waals surface area contributed by atoms with Gasteiger partial charge >= 0.3 is 6.03 Å². The predicted octanol–water partition coefficient (Wildman–Crippen LogP) is 4.89. The molecular formula is C24H26F2N4O2S. The number of urea groups is 1. The fourth-order valence-corrected chi connectivity index (χ4v) is 5.52. The Labute approximate surface area is 196 Å². The van der Waals surface area contributed by atoms with Gasteiger partial charge in [-0.2, -0.15) is 10.1 Å². The molecule has 4 rings (SSSR count). The molecule has 2 aliphatic rings. The molecule has 1 unspecified atom stereocenters. The molecule has 6 nitrogen and oxygen atoms in total. The maximum atomic E-state index is 14.6. The smallest absolute Gasteiger partial charge is 0.313 e. The molecule has 2 amide bonds. The lowest BCUT2D eigenvalue weighted by molar-refractivity contribution is 0.0732. The molecule has 0 aromatic heterocycles. The highest BCUT2D eigenvalue weighted by atomic mass is 32.2. The third-order valence-corrected chi connectivity index (χ3v) is 7.14. The van der Waals surface area contributed by atoms with Crippen LogP contribution in [-0.2, 0) is 9.71 Å². The number of benzene rings is 2. The second kappa shape index (κ2) is 10.5. The van der Waals surface area contributed by atoms with Gasteiger partial charge in [0.2, 0.25) is 0 Å². The highest BCUT2D eigenvalue weighted by Gasteiger charge is 2.49. The van der Waals surface area contributed by atoms with Gasteiger partial charge in [-0.1, -0.05) is 54.2 Å². The van der Waals surface area contributed by atoms with Gasteiger partial charge in [0.15, 0.2) is 0 Å². The van der Waals surface area contributed by atoms with Crippen molar-refractivity contribution < 1.29 is 18.4 Å². The van der Waals surface area contributed by atoms with Gasteiger partial charge in [-0.15, -0.1) is 0 Å². The summed E-state index contributed by atoms with van der Waals surface area (Å²) in [6, 6.07) is 12.5. The van der Waals surface area contributed by atoms with Gasteiger partial charge in [0.05, 0.1) is 7.11 Å². The van der Waals surface area contributed by atoms with E-state index >= 15 is 0 Å². The summed E-state index contributed by atoms with van der Waals surface area (Å²) >= 11 is 1.24. The van der Waals surface area contributed by atoms with Crippen molar-refractivity contribution in [2.75, 3.05) is 13.7 Å². The molecule has 2 N–H and O–H groups in total. The minimum absolute atomic E-state index is 0.0168. The van der Waals surface area contributed by atoms with Crippen LogP contribution in [0.1, 0.15) is 36.8 Å². The Kier molecular flexibility index (Phi) is 7.42. The number of nitrogens with one attached hydrogen (secondary N) is 2. The van der Waals surface area contributed by atoms with Crippen molar-refractivity contribution in [3.8, 4) is 0 Å². The zero-order chi connectivity index (χ0) is 23.3. The SMILES string of the molecule is CONC(=O)N1N=C(c2cc(F)ccc2F)SC1(CCCNC1CC=CC1)c1ccccc1. The Morgan fingerprint density at radius 2 is 1.97 bits per heavy atom. The van der Waals surface area contributed by atoms with Crippen LogP contribution < -0.4 is 10.8 Å². The highest BCUT2D eigenvalue weighted by molar-refractivity contribution is 8.15. The molecule has 174 valence electrons. The molecule has 9 heteroatoms. The van der Waals surface area contributed by atoms with Gasteiger partial charge in [0.1, 0.15) is 21.5 Å². The zero-order valence-corrected chi connectivity index (χ0v) is 19.1. The number of thioether (sulfide) groups is 1. The van der Waals surface area contributed by atoms with E-state index in [-0.39, 0.29) is 10.6 Å². The van der Waals surface area contributed by atoms with Crippen LogP contribution in [0.15, 0.2) is 65.8 Å². The average Bonchev–Trinajstić information content (AvgIpc) is 3.48. The quantitative estimate of drug-likeness (QED) is 0.326. The molecule has 1 atom stereocenters. The Bertz CT molecular complexity index is 1040. The fourth-order valence-electron chi connectivity index (χ4n) is 4.10. The average molecular weight is 473 g/mol. The molecule has 0 saturated heterocycles. The molecule has 2 aromatic carbocycles. The maximum absolute atomic E-state index is 14.6. The first-order valence-electron chi connectivity index (χ1n) is 10.8. The second-order valence-electron chi connectivity index (χ2n) is 7.90. The lowest BCUT2D eigenvalue weighted by Gasteiger charge is -2.35. The molecule has 1 heterocycles. The summed E-state index contributed by atoms with van der Waals surface area (Å²) in [6.07, 6.45) is 7.63. The molecular weight excluding hydrogens is 446 g/mol. The molecule has 1 aliphatic carbocycles. The Hall–Kier alpha value is -2.75. The number of nitrogens with zero attached hydrogens (tertiary/aromatic N) is 2. The standard InChI is InChI=1S/C24H26F2N4O2S/c1-32-29-23(31)30-24(17-8-3-2-4-9-17,14-7-15-27-19-10-5-6-11-19)33-22(28-30)20-16-18(25)12-13-21(20)26/h2-6,8-9,12-13,16,19,27H,7,10-11,14-15H2,1H3,(H,29,31). The number of hydroxylamine groups is 1. The summed E-state index contributed by atoms with van der Waals surface area (Å²) in [5, 5.41) is 9.51. The van der Waals surface area contributed by atoms with Crippen LogP contribution in [0.5, 0.6) is 0 Å². The summed E-state index contributed by atoms with van der Waals surface area (Å²) in [5.41, 5.74) is 3.17. The van der Waals surface area contributed by atoms with E-state index in [2.05, 4.69) is 28.1 Å². The van der Waals surface area contributed by atoms with Gasteiger partial charge in [-0.05, 0) is 56.0 Å². The Morgan fingerprint density at radius 3 is 2.70 bits per heavy atom. The van der Waals surface area contributed by atoms with Crippen LogP contribution in [0.25, 0.3) is 0 Å². The number of rotatable bonds is 8. The summed E-state index contributed by atoms with van der Waals surface area (Å²) in [4.78, 5) is 16.9. The van der Waals surface area contributed by atoms with E-state index in [0.29, 0.717) is 12.5 Å². The van der Waals surface area contributed by atoms with E-state index in [1.807, 2.05) is 30.3 Å². The Morgan fingerprint density at radius 1 is 1.21 bits per heavy atom. The molecule has 0 saturated carbocycles. The van der Waals surface area contributed by atoms with Gasteiger partial charge in [0, 0.05) is 11.6 Å². The summed E-state index contributed by atoms with van der Waals surface area (Å²) < 4.78 is 28.5. The van der Waals surface area contributed by atoms with Crippen molar-refractivity contribution in [2.45, 2.75) is 36.6 Å². The van der Waals surface area contributed by atoms with Crippen molar-refractivity contribution in [3.05, 3.63) is 83.4 Å². The maximum Gasteiger partial charge on any atom is 0.363 e. The lowest BCUT2D eigenvalue weighted by Crippen LogP contribution is -2.46. The monoisotopic (exact) mass is 472 g/mol. The van der Waals surface area contributed by atoms with Crippen molar-refractivity contribution in [1.29, 1.82) is 0 Å². The topological polar surface area (TPSA) is 66.0 Å². The predicted molar refractivity (Wildman–Crippen MR) is 125 cm³/mol. The van der Waals surface area contributed by atoms with Gasteiger partial charge in [-0.3, -0.25) is 4.84 Å². The largest absolute Gasteiger partial charge is 0.363 e. The minimum atomic E-state index is -0.951. The summed E-state index contributed by atoms with van der Waals surface area (Å²) in [7, 11) is 1.34. The van der Waals surface area contributed by atoms with E-state index in [9.17, 15) is 13.6 Å². The van der Waals surface area contributed by atoms with Crippen LogP contribution in [0.4, 0.5) is 13.6 Å².